The molecule has 0 atom stereocenters. The lowest BCUT2D eigenvalue weighted by atomic mass is 10.1. The van der Waals surface area contributed by atoms with Crippen LogP contribution < -0.4 is 10.6 Å². The van der Waals surface area contributed by atoms with Crippen molar-refractivity contribution in [2.75, 3.05) is 6.54 Å². The number of carboxylic acids is 1. The van der Waals surface area contributed by atoms with Crippen LogP contribution in [0.4, 0.5) is 0 Å². The second kappa shape index (κ2) is 6.67. The minimum atomic E-state index is -1.15. The second-order valence-corrected chi connectivity index (χ2v) is 3.96. The number of carbonyl (C=O) groups excluding carboxylic acids is 2. The molecule has 0 fully saturated rings. The summed E-state index contributed by atoms with van der Waals surface area (Å²) < 4.78 is 0. The molecule has 0 aromatic heterocycles. The van der Waals surface area contributed by atoms with E-state index >= 15 is 0 Å². The molecule has 0 saturated carbocycles. The van der Waals surface area contributed by atoms with Gasteiger partial charge in [0.15, 0.2) is 0 Å². The van der Waals surface area contributed by atoms with Gasteiger partial charge in [-0.15, -0.1) is 0 Å². The molecule has 0 aliphatic rings. The van der Waals surface area contributed by atoms with Gasteiger partial charge < -0.3 is 15.7 Å². The molecule has 0 bridgehead atoms. The van der Waals surface area contributed by atoms with Crippen molar-refractivity contribution in [1.29, 1.82) is 0 Å². The number of aliphatic carboxylic acids is 1. The van der Waals surface area contributed by atoms with Crippen LogP contribution in [0.25, 0.3) is 0 Å². The normalized spacial score (nSPS) is 11.8. The molecule has 0 heterocycles. The van der Waals surface area contributed by atoms with Crippen LogP contribution >= 0.6 is 0 Å². The van der Waals surface area contributed by atoms with Crippen molar-refractivity contribution in [3.05, 3.63) is 11.1 Å². The van der Waals surface area contributed by atoms with E-state index in [4.69, 9.17) is 5.11 Å². The molecule has 0 unspecified atom stereocenters. The first kappa shape index (κ1) is 15.2. The van der Waals surface area contributed by atoms with E-state index in [2.05, 4.69) is 10.6 Å². The summed E-state index contributed by atoms with van der Waals surface area (Å²) >= 11 is 0. The van der Waals surface area contributed by atoms with Crippen LogP contribution in [0.15, 0.2) is 11.1 Å². The molecule has 2 amide bonds. The summed E-state index contributed by atoms with van der Waals surface area (Å²) in [6.07, 6.45) is 0. The third kappa shape index (κ3) is 5.70. The topological polar surface area (TPSA) is 95.5 Å². The van der Waals surface area contributed by atoms with Crippen molar-refractivity contribution in [3.63, 3.8) is 0 Å². The van der Waals surface area contributed by atoms with Gasteiger partial charge in [0.25, 0.3) is 0 Å². The Kier molecular flexibility index (Phi) is 5.95. The lowest BCUT2D eigenvalue weighted by molar-refractivity contribution is -0.133. The van der Waals surface area contributed by atoms with Gasteiger partial charge in [0.1, 0.15) is 0 Å². The number of carboxylic acid groups (broad SMARTS) is 1. The first-order valence-corrected chi connectivity index (χ1v) is 5.24. The van der Waals surface area contributed by atoms with Gasteiger partial charge in [-0.05, 0) is 27.7 Å². The summed E-state index contributed by atoms with van der Waals surface area (Å²) in [7, 11) is 0. The van der Waals surface area contributed by atoms with Crippen LogP contribution in [-0.2, 0) is 14.4 Å². The summed E-state index contributed by atoms with van der Waals surface area (Å²) in [6, 6.07) is -0.00297. The fourth-order valence-electron chi connectivity index (χ4n) is 0.997. The van der Waals surface area contributed by atoms with E-state index in [1.165, 1.54) is 13.8 Å². The number of carbonyl (C=O) groups is 3. The average Bonchev–Trinajstić information content (AvgIpc) is 2.22. The van der Waals surface area contributed by atoms with E-state index in [1.54, 1.807) is 13.8 Å². The van der Waals surface area contributed by atoms with Gasteiger partial charge in [-0.2, -0.15) is 0 Å². The van der Waals surface area contributed by atoms with Crippen molar-refractivity contribution in [1.82, 2.24) is 10.6 Å². The van der Waals surface area contributed by atoms with Gasteiger partial charge in [-0.25, -0.2) is 4.79 Å². The highest BCUT2D eigenvalue weighted by molar-refractivity contribution is 6.02. The highest BCUT2D eigenvalue weighted by atomic mass is 16.4. The molecule has 0 rings (SSSR count). The largest absolute Gasteiger partial charge is 0.478 e. The highest BCUT2D eigenvalue weighted by Gasteiger charge is 2.13. The zero-order valence-corrected chi connectivity index (χ0v) is 10.5. The Hall–Kier alpha value is -1.85. The van der Waals surface area contributed by atoms with Gasteiger partial charge >= 0.3 is 5.97 Å². The van der Waals surface area contributed by atoms with Crippen molar-refractivity contribution in [2.24, 2.45) is 0 Å². The minimum absolute atomic E-state index is 0.00297. The Morgan fingerprint density at radius 2 is 1.65 bits per heavy atom. The van der Waals surface area contributed by atoms with Crippen LogP contribution in [0.2, 0.25) is 0 Å². The molecule has 0 saturated heterocycles. The molecule has 6 nitrogen and oxygen atoms in total. The summed E-state index contributed by atoms with van der Waals surface area (Å²) in [5.74, 6) is -2.01. The van der Waals surface area contributed by atoms with Crippen LogP contribution in [0.3, 0.4) is 0 Å². The standard InChI is InChI=1S/C11H18N2O4/c1-6(2)13-9(14)5-12-10(15)7(3)8(4)11(16)17/h6H,5H2,1-4H3,(H,12,15)(H,13,14)(H,16,17). The molecule has 0 aliphatic heterocycles. The molecular weight excluding hydrogens is 224 g/mol. The summed E-state index contributed by atoms with van der Waals surface area (Å²) in [6.45, 7) is 6.19. The lowest BCUT2D eigenvalue weighted by Gasteiger charge is -2.09. The van der Waals surface area contributed by atoms with Crippen molar-refractivity contribution in [3.8, 4) is 0 Å². The van der Waals surface area contributed by atoms with Crippen molar-refractivity contribution >= 4 is 17.8 Å². The van der Waals surface area contributed by atoms with Crippen LogP contribution in [0.1, 0.15) is 27.7 Å². The summed E-state index contributed by atoms with van der Waals surface area (Å²) in [5, 5.41) is 13.6. The van der Waals surface area contributed by atoms with Crippen LogP contribution in [0.5, 0.6) is 0 Å². The summed E-state index contributed by atoms with van der Waals surface area (Å²) in [4.78, 5) is 33.3. The Balaban J connectivity index is 4.34. The van der Waals surface area contributed by atoms with Crippen molar-refractivity contribution < 1.29 is 19.5 Å². The molecule has 0 aliphatic carbocycles. The monoisotopic (exact) mass is 242 g/mol. The zero-order valence-electron chi connectivity index (χ0n) is 10.5. The van der Waals surface area contributed by atoms with Gasteiger partial charge in [0.05, 0.1) is 6.54 Å². The molecule has 0 aromatic rings. The fourth-order valence-corrected chi connectivity index (χ4v) is 0.997. The van der Waals surface area contributed by atoms with Gasteiger partial charge in [0.2, 0.25) is 11.8 Å². The van der Waals surface area contributed by atoms with E-state index in [0.29, 0.717) is 0 Å². The number of rotatable bonds is 5. The smallest absolute Gasteiger partial charge is 0.331 e. The predicted molar refractivity (Wildman–Crippen MR) is 62.3 cm³/mol. The van der Waals surface area contributed by atoms with E-state index < -0.39 is 11.9 Å². The average molecular weight is 242 g/mol. The SMILES string of the molecule is CC(C(=O)O)=C(C)C(=O)NCC(=O)NC(C)C. The number of amides is 2. The Bertz CT molecular complexity index is 358. The molecule has 0 aromatic carbocycles. The Morgan fingerprint density at radius 3 is 2.06 bits per heavy atom. The Morgan fingerprint density at radius 1 is 1.12 bits per heavy atom. The molecule has 0 spiro atoms. The molecule has 17 heavy (non-hydrogen) atoms. The quantitative estimate of drug-likeness (QED) is 0.593. The van der Waals surface area contributed by atoms with Crippen LogP contribution in [-0.4, -0.2) is 35.5 Å². The van der Waals surface area contributed by atoms with E-state index in [-0.39, 0.29) is 29.6 Å². The molecule has 0 radical (unpaired) electrons. The van der Waals surface area contributed by atoms with E-state index in [9.17, 15) is 14.4 Å². The van der Waals surface area contributed by atoms with Crippen LogP contribution in [0, 0.1) is 0 Å². The predicted octanol–water partition coefficient (Wildman–Crippen LogP) is 0.0482. The Labute approximate surface area is 100 Å². The van der Waals surface area contributed by atoms with E-state index in [1.807, 2.05) is 0 Å². The molecular formula is C11H18N2O4. The first-order chi connectivity index (χ1) is 7.75. The first-order valence-electron chi connectivity index (χ1n) is 5.24. The third-order valence-corrected chi connectivity index (χ3v) is 2.08. The van der Waals surface area contributed by atoms with Crippen molar-refractivity contribution in [2.45, 2.75) is 33.7 Å². The molecule has 3 N–H and O–H groups in total. The maximum absolute atomic E-state index is 11.5. The van der Waals surface area contributed by atoms with Gasteiger partial charge in [-0.1, -0.05) is 0 Å². The molecule has 6 heteroatoms. The lowest BCUT2D eigenvalue weighted by Crippen LogP contribution is -2.40. The number of hydrogen-bond acceptors (Lipinski definition) is 3. The summed E-state index contributed by atoms with van der Waals surface area (Å²) in [5.41, 5.74) is 0.0571. The molecule has 96 valence electrons. The van der Waals surface area contributed by atoms with E-state index in [0.717, 1.165) is 0 Å². The number of nitrogens with one attached hydrogen (secondary N) is 2. The van der Waals surface area contributed by atoms with Gasteiger partial charge in [-0.3, -0.25) is 9.59 Å². The zero-order chi connectivity index (χ0) is 13.6. The maximum Gasteiger partial charge on any atom is 0.331 e. The second-order valence-electron chi connectivity index (χ2n) is 3.96. The fraction of sp³-hybridized carbons (Fsp3) is 0.545. The maximum atomic E-state index is 11.5. The third-order valence-electron chi connectivity index (χ3n) is 2.08. The minimum Gasteiger partial charge on any atom is -0.478 e. The van der Waals surface area contributed by atoms with Gasteiger partial charge in [0, 0.05) is 17.2 Å². The highest BCUT2D eigenvalue weighted by Crippen LogP contribution is 2.02. The number of hydrogen-bond donors (Lipinski definition) is 3.